The van der Waals surface area contributed by atoms with Gasteiger partial charge < -0.3 is 25.1 Å². The van der Waals surface area contributed by atoms with Gasteiger partial charge in [0.1, 0.15) is 11.4 Å². The molecule has 2 aromatic rings. The van der Waals surface area contributed by atoms with Crippen molar-refractivity contribution < 1.29 is 13.9 Å². The molecular formula is C22H36IN7O3. The summed E-state index contributed by atoms with van der Waals surface area (Å²) in [5.41, 5.74) is -0.480. The zero-order valence-corrected chi connectivity index (χ0v) is 22.1. The van der Waals surface area contributed by atoms with Gasteiger partial charge in [0.2, 0.25) is 5.82 Å². The third-order valence-electron chi connectivity index (χ3n) is 5.02. The number of carbonyl (C=O) groups is 1. The second kappa shape index (κ2) is 12.8. The van der Waals surface area contributed by atoms with E-state index in [0.29, 0.717) is 30.6 Å². The summed E-state index contributed by atoms with van der Waals surface area (Å²) in [5.74, 6) is 2.75. The number of hydrogen-bond donors (Lipinski definition) is 4. The number of aromatic nitrogens is 3. The third-order valence-corrected chi connectivity index (χ3v) is 5.02. The Kier molecular flexibility index (Phi) is 10.5. The number of rotatable bonds is 7. The van der Waals surface area contributed by atoms with Crippen molar-refractivity contribution in [2.75, 3.05) is 13.1 Å². The Balaban J connectivity index is 0.00000385. The van der Waals surface area contributed by atoms with E-state index in [1.165, 1.54) is 0 Å². The van der Waals surface area contributed by atoms with Crippen molar-refractivity contribution in [3.63, 3.8) is 0 Å². The molecule has 11 heteroatoms. The zero-order valence-electron chi connectivity index (χ0n) is 19.8. The summed E-state index contributed by atoms with van der Waals surface area (Å²) in [4.78, 5) is 21.1. The fourth-order valence-electron chi connectivity index (χ4n) is 3.57. The second-order valence-electron chi connectivity index (χ2n) is 8.93. The molecule has 4 N–H and O–H groups in total. The van der Waals surface area contributed by atoms with Gasteiger partial charge in [0, 0.05) is 31.6 Å². The first-order chi connectivity index (χ1) is 15.3. The number of alkyl carbamates (subject to hydrolysis) is 1. The van der Waals surface area contributed by atoms with Crippen LogP contribution in [-0.2, 0) is 11.2 Å². The number of furan rings is 1. The van der Waals surface area contributed by atoms with E-state index >= 15 is 0 Å². The smallest absolute Gasteiger partial charge is 0.407 e. The molecule has 1 aliphatic carbocycles. The summed E-state index contributed by atoms with van der Waals surface area (Å²) in [6, 6.07) is 4.11. The summed E-state index contributed by atoms with van der Waals surface area (Å²) in [6.07, 6.45) is 5.64. The maximum absolute atomic E-state index is 12.0. The van der Waals surface area contributed by atoms with Gasteiger partial charge in [-0.25, -0.2) is 9.78 Å². The number of aliphatic imine (C=N–C) groups is 1. The Bertz CT molecular complexity index is 869. The van der Waals surface area contributed by atoms with Crippen LogP contribution < -0.4 is 16.0 Å². The van der Waals surface area contributed by atoms with Crippen molar-refractivity contribution in [2.45, 2.75) is 77.5 Å². The standard InChI is InChI=1S/C22H35N7O3.HI/c1-5-23-20(24-13-12-18-27-19(29-28-18)17-7-6-14-31-17)25-15-8-10-16(11-9-15)26-21(30)32-22(2,3)4;/h6-7,14-16H,5,8-13H2,1-4H3,(H,26,30)(H2,23,24,25)(H,27,28,29);1H. The first kappa shape index (κ1) is 26.9. The zero-order chi connectivity index (χ0) is 23.0. The quantitative estimate of drug-likeness (QED) is 0.226. The molecule has 1 fully saturated rings. The largest absolute Gasteiger partial charge is 0.461 e. The second-order valence-corrected chi connectivity index (χ2v) is 8.93. The lowest BCUT2D eigenvalue weighted by molar-refractivity contribution is 0.0490. The average Bonchev–Trinajstić information content (AvgIpc) is 3.40. The maximum Gasteiger partial charge on any atom is 0.407 e. The highest BCUT2D eigenvalue weighted by molar-refractivity contribution is 14.0. The normalized spacial score (nSPS) is 18.8. The van der Waals surface area contributed by atoms with E-state index in [9.17, 15) is 4.79 Å². The molecule has 0 radical (unpaired) electrons. The molecule has 1 saturated carbocycles. The highest BCUT2D eigenvalue weighted by atomic mass is 127. The van der Waals surface area contributed by atoms with E-state index in [1.807, 2.05) is 39.8 Å². The Labute approximate surface area is 212 Å². The number of carbonyl (C=O) groups excluding carboxylic acids is 1. The summed E-state index contributed by atoms with van der Waals surface area (Å²) in [7, 11) is 0. The van der Waals surface area contributed by atoms with Gasteiger partial charge >= 0.3 is 6.09 Å². The monoisotopic (exact) mass is 573 g/mol. The van der Waals surface area contributed by atoms with E-state index < -0.39 is 5.60 Å². The molecule has 184 valence electrons. The molecule has 0 aromatic carbocycles. The van der Waals surface area contributed by atoms with E-state index in [0.717, 1.165) is 44.0 Å². The van der Waals surface area contributed by atoms with Crippen molar-refractivity contribution in [1.29, 1.82) is 0 Å². The molecule has 0 unspecified atom stereocenters. The number of nitrogens with one attached hydrogen (secondary N) is 4. The van der Waals surface area contributed by atoms with Crippen LogP contribution in [0.25, 0.3) is 11.6 Å². The van der Waals surface area contributed by atoms with Gasteiger partial charge in [-0.15, -0.1) is 24.0 Å². The van der Waals surface area contributed by atoms with Crippen molar-refractivity contribution in [3.05, 3.63) is 24.2 Å². The SMILES string of the molecule is CCNC(=NCCc1nc(-c2ccco2)n[nH]1)NC1CCC(NC(=O)OC(C)(C)C)CC1.I. The third kappa shape index (κ3) is 9.22. The fourth-order valence-corrected chi connectivity index (χ4v) is 3.57. The maximum atomic E-state index is 12.0. The molecule has 0 bridgehead atoms. The molecule has 0 atom stereocenters. The Morgan fingerprint density at radius 2 is 1.94 bits per heavy atom. The number of aromatic amines is 1. The topological polar surface area (TPSA) is 129 Å². The van der Waals surface area contributed by atoms with E-state index in [2.05, 4.69) is 36.1 Å². The number of ether oxygens (including phenoxy) is 1. The molecule has 2 aromatic heterocycles. The lowest BCUT2D eigenvalue weighted by Gasteiger charge is -2.31. The van der Waals surface area contributed by atoms with Crippen LogP contribution >= 0.6 is 24.0 Å². The van der Waals surface area contributed by atoms with Crippen molar-refractivity contribution in [2.24, 2.45) is 4.99 Å². The minimum atomic E-state index is -0.480. The number of H-pyrrole nitrogens is 1. The molecular weight excluding hydrogens is 537 g/mol. The predicted octanol–water partition coefficient (Wildman–Crippen LogP) is 3.62. The Morgan fingerprint density at radius 1 is 1.24 bits per heavy atom. The van der Waals surface area contributed by atoms with Crippen molar-refractivity contribution in [1.82, 2.24) is 31.1 Å². The molecule has 3 rings (SSSR count). The lowest BCUT2D eigenvalue weighted by atomic mass is 9.91. The first-order valence-corrected chi connectivity index (χ1v) is 11.3. The molecule has 0 spiro atoms. The Morgan fingerprint density at radius 3 is 2.55 bits per heavy atom. The van der Waals surface area contributed by atoms with E-state index in [1.54, 1.807) is 6.26 Å². The van der Waals surface area contributed by atoms with Gasteiger partial charge in [-0.2, -0.15) is 5.10 Å². The van der Waals surface area contributed by atoms with Crippen LogP contribution in [0.4, 0.5) is 4.79 Å². The predicted molar refractivity (Wildman–Crippen MR) is 138 cm³/mol. The van der Waals surface area contributed by atoms with Crippen LogP contribution in [0.5, 0.6) is 0 Å². The summed E-state index contributed by atoms with van der Waals surface area (Å²) < 4.78 is 10.7. The molecule has 0 aliphatic heterocycles. The average molecular weight is 573 g/mol. The first-order valence-electron chi connectivity index (χ1n) is 11.3. The summed E-state index contributed by atoms with van der Waals surface area (Å²) in [5, 5.41) is 16.9. The van der Waals surface area contributed by atoms with Crippen LogP contribution in [0, 0.1) is 0 Å². The number of halogens is 1. The fraction of sp³-hybridized carbons (Fsp3) is 0.636. The van der Waals surface area contributed by atoms with Gasteiger partial charge in [0.15, 0.2) is 11.7 Å². The number of guanidine groups is 1. The molecule has 1 aliphatic rings. The van der Waals surface area contributed by atoms with Gasteiger partial charge in [0.25, 0.3) is 0 Å². The molecule has 2 heterocycles. The van der Waals surface area contributed by atoms with E-state index in [-0.39, 0.29) is 36.1 Å². The summed E-state index contributed by atoms with van der Waals surface area (Å²) in [6.45, 7) is 9.02. The minimum Gasteiger partial charge on any atom is -0.461 e. The van der Waals surface area contributed by atoms with Gasteiger partial charge in [-0.3, -0.25) is 10.1 Å². The minimum absolute atomic E-state index is 0. The van der Waals surface area contributed by atoms with Crippen LogP contribution in [-0.4, -0.2) is 58.0 Å². The number of nitrogens with zero attached hydrogens (tertiary/aromatic N) is 3. The molecule has 0 saturated heterocycles. The summed E-state index contributed by atoms with van der Waals surface area (Å²) >= 11 is 0. The van der Waals surface area contributed by atoms with Crippen molar-refractivity contribution in [3.8, 4) is 11.6 Å². The highest BCUT2D eigenvalue weighted by Crippen LogP contribution is 2.19. The van der Waals surface area contributed by atoms with Crippen LogP contribution in [0.2, 0.25) is 0 Å². The van der Waals surface area contributed by atoms with Crippen LogP contribution in [0.15, 0.2) is 27.8 Å². The Hall–Kier alpha value is -2.31. The van der Waals surface area contributed by atoms with Gasteiger partial charge in [-0.1, -0.05) is 0 Å². The highest BCUT2D eigenvalue weighted by Gasteiger charge is 2.25. The lowest BCUT2D eigenvalue weighted by Crippen LogP contribution is -2.48. The molecule has 33 heavy (non-hydrogen) atoms. The number of hydrogen-bond acceptors (Lipinski definition) is 6. The van der Waals surface area contributed by atoms with Gasteiger partial charge in [-0.05, 0) is 65.5 Å². The van der Waals surface area contributed by atoms with Crippen LogP contribution in [0.1, 0.15) is 59.2 Å². The molecule has 10 nitrogen and oxygen atoms in total. The van der Waals surface area contributed by atoms with Gasteiger partial charge in [0.05, 0.1) is 6.26 Å². The van der Waals surface area contributed by atoms with E-state index in [4.69, 9.17) is 9.15 Å². The molecule has 1 amide bonds. The van der Waals surface area contributed by atoms with Crippen LogP contribution in [0.3, 0.4) is 0 Å². The number of amides is 1. The van der Waals surface area contributed by atoms with Crippen molar-refractivity contribution >= 4 is 36.0 Å².